The third-order valence-electron chi connectivity index (χ3n) is 4.70. The number of aryl methyl sites for hydroxylation is 2. The van der Waals surface area contributed by atoms with Gasteiger partial charge >= 0.3 is 0 Å². The third-order valence-corrected chi connectivity index (χ3v) is 4.70. The molecule has 24 heavy (non-hydrogen) atoms. The first-order valence-electron chi connectivity index (χ1n) is 8.91. The van der Waals surface area contributed by atoms with E-state index >= 15 is 0 Å². The third kappa shape index (κ3) is 3.61. The molecule has 5 heteroatoms. The molecular formula is C19H27N3O2. The maximum atomic E-state index is 6.04. The Morgan fingerprint density at radius 3 is 2.71 bits per heavy atom. The summed E-state index contributed by atoms with van der Waals surface area (Å²) in [6.07, 6.45) is 3.46. The molecule has 1 fully saturated rings. The van der Waals surface area contributed by atoms with E-state index in [2.05, 4.69) is 55.3 Å². The first-order chi connectivity index (χ1) is 11.6. The minimum absolute atomic E-state index is 0.212. The predicted octanol–water partition coefficient (Wildman–Crippen LogP) is 4.00. The van der Waals surface area contributed by atoms with Crippen LogP contribution in [0.25, 0.3) is 11.4 Å². The van der Waals surface area contributed by atoms with Crippen LogP contribution in [0, 0.1) is 13.8 Å². The lowest BCUT2D eigenvalue weighted by atomic mass is 10.00. The van der Waals surface area contributed by atoms with Crippen LogP contribution in [0.15, 0.2) is 16.7 Å². The number of benzene rings is 1. The number of nitrogens with one attached hydrogen (secondary N) is 1. The first kappa shape index (κ1) is 17.0. The van der Waals surface area contributed by atoms with Crippen LogP contribution in [0.1, 0.15) is 56.0 Å². The average Bonchev–Trinajstić information content (AvgIpc) is 3.08. The summed E-state index contributed by atoms with van der Waals surface area (Å²) in [6, 6.07) is 4.16. The molecule has 2 heterocycles. The molecule has 0 saturated carbocycles. The molecule has 1 aliphatic heterocycles. The van der Waals surface area contributed by atoms with Gasteiger partial charge < -0.3 is 14.6 Å². The fourth-order valence-electron chi connectivity index (χ4n) is 3.13. The van der Waals surface area contributed by atoms with Crippen molar-refractivity contribution >= 4 is 0 Å². The Balaban J connectivity index is 1.83. The molecule has 1 aromatic carbocycles. The van der Waals surface area contributed by atoms with Crippen molar-refractivity contribution in [3.05, 3.63) is 29.2 Å². The van der Waals surface area contributed by atoms with Crippen molar-refractivity contribution in [1.29, 1.82) is 0 Å². The molecule has 1 aliphatic rings. The molecule has 0 bridgehead atoms. The lowest BCUT2D eigenvalue weighted by Gasteiger charge is -2.18. The highest BCUT2D eigenvalue weighted by Crippen LogP contribution is 2.31. The Morgan fingerprint density at radius 1 is 1.33 bits per heavy atom. The normalized spacial score (nSPS) is 19.2. The van der Waals surface area contributed by atoms with Crippen LogP contribution in [0.5, 0.6) is 5.75 Å². The minimum atomic E-state index is 0.212. The van der Waals surface area contributed by atoms with Crippen LogP contribution >= 0.6 is 0 Å². The topological polar surface area (TPSA) is 60.2 Å². The molecule has 0 radical (unpaired) electrons. The molecule has 0 amide bonds. The van der Waals surface area contributed by atoms with E-state index in [4.69, 9.17) is 9.26 Å². The molecule has 0 aliphatic carbocycles. The van der Waals surface area contributed by atoms with Gasteiger partial charge in [0.15, 0.2) is 0 Å². The molecule has 3 rings (SSSR count). The van der Waals surface area contributed by atoms with Crippen LogP contribution in [0.4, 0.5) is 0 Å². The monoisotopic (exact) mass is 329 g/mol. The number of nitrogens with zero attached hydrogens (tertiary/aromatic N) is 2. The fraction of sp³-hybridized carbons (Fsp3) is 0.579. The summed E-state index contributed by atoms with van der Waals surface area (Å²) in [4.78, 5) is 4.63. The largest absolute Gasteiger partial charge is 0.490 e. The number of aromatic nitrogens is 2. The Labute approximate surface area is 143 Å². The van der Waals surface area contributed by atoms with E-state index in [0.29, 0.717) is 11.7 Å². The van der Waals surface area contributed by atoms with Crippen molar-refractivity contribution in [1.82, 2.24) is 15.5 Å². The van der Waals surface area contributed by atoms with Gasteiger partial charge in [-0.1, -0.05) is 12.1 Å². The number of piperidine rings is 1. The molecule has 5 nitrogen and oxygen atoms in total. The molecule has 2 aromatic rings. The minimum Gasteiger partial charge on any atom is -0.490 e. The van der Waals surface area contributed by atoms with Gasteiger partial charge in [0, 0.05) is 12.1 Å². The number of hydrogen-bond acceptors (Lipinski definition) is 5. The predicted molar refractivity (Wildman–Crippen MR) is 94.4 cm³/mol. The van der Waals surface area contributed by atoms with Crippen LogP contribution in [-0.2, 0) is 0 Å². The van der Waals surface area contributed by atoms with E-state index < -0.39 is 0 Å². The second-order valence-corrected chi connectivity index (χ2v) is 6.78. The van der Waals surface area contributed by atoms with Gasteiger partial charge in [-0.25, -0.2) is 0 Å². The van der Waals surface area contributed by atoms with E-state index in [-0.39, 0.29) is 6.10 Å². The number of ether oxygens (including phenoxy) is 1. The molecule has 2 unspecified atom stereocenters. The molecule has 1 saturated heterocycles. The quantitative estimate of drug-likeness (QED) is 0.898. The standard InChI is InChI=1S/C19H27N3O2/c1-5-14(4)23-17-12(2)9-16(10-13(17)3)18-21-19(24-22-18)15-7-6-8-20-11-15/h9-10,14-15,20H,5-8,11H2,1-4H3. The Hall–Kier alpha value is -1.88. The summed E-state index contributed by atoms with van der Waals surface area (Å²) in [6.45, 7) is 10.4. The second-order valence-electron chi connectivity index (χ2n) is 6.78. The van der Waals surface area contributed by atoms with Gasteiger partial charge in [0.25, 0.3) is 0 Å². The summed E-state index contributed by atoms with van der Waals surface area (Å²) in [5, 5.41) is 7.58. The number of hydrogen-bond donors (Lipinski definition) is 1. The van der Waals surface area contributed by atoms with Crippen molar-refractivity contribution in [3.8, 4) is 17.1 Å². The summed E-state index contributed by atoms with van der Waals surface area (Å²) in [7, 11) is 0. The van der Waals surface area contributed by atoms with Gasteiger partial charge in [0.05, 0.1) is 12.0 Å². The highest BCUT2D eigenvalue weighted by atomic mass is 16.5. The van der Waals surface area contributed by atoms with Gasteiger partial charge in [-0.15, -0.1) is 0 Å². The summed E-state index contributed by atoms with van der Waals surface area (Å²) in [5.74, 6) is 2.70. The van der Waals surface area contributed by atoms with Gasteiger partial charge in [0.2, 0.25) is 11.7 Å². The van der Waals surface area contributed by atoms with Crippen molar-refractivity contribution in [2.45, 2.75) is 59.0 Å². The van der Waals surface area contributed by atoms with Crippen LogP contribution < -0.4 is 10.1 Å². The zero-order valence-electron chi connectivity index (χ0n) is 15.1. The second kappa shape index (κ2) is 7.34. The van der Waals surface area contributed by atoms with Crippen LogP contribution in [-0.4, -0.2) is 29.3 Å². The van der Waals surface area contributed by atoms with Crippen molar-refractivity contribution in [2.24, 2.45) is 0 Å². The molecule has 0 spiro atoms. The molecule has 1 N–H and O–H groups in total. The van der Waals surface area contributed by atoms with E-state index in [1.165, 1.54) is 0 Å². The van der Waals surface area contributed by atoms with Gasteiger partial charge in [-0.3, -0.25) is 0 Å². The van der Waals surface area contributed by atoms with Gasteiger partial charge in [-0.05, 0) is 69.8 Å². The summed E-state index contributed by atoms with van der Waals surface area (Å²) in [5.41, 5.74) is 3.20. The molecule has 2 atom stereocenters. The zero-order chi connectivity index (χ0) is 17.1. The summed E-state index contributed by atoms with van der Waals surface area (Å²) < 4.78 is 11.6. The highest BCUT2D eigenvalue weighted by Gasteiger charge is 2.22. The SMILES string of the molecule is CCC(C)Oc1c(C)cc(-c2noc(C3CCCNC3)n2)cc1C. The van der Waals surface area contributed by atoms with E-state index in [1.54, 1.807) is 0 Å². The van der Waals surface area contributed by atoms with Gasteiger partial charge in [0.1, 0.15) is 5.75 Å². The molecule has 1 aromatic heterocycles. The van der Waals surface area contributed by atoms with Crippen LogP contribution in [0.2, 0.25) is 0 Å². The van der Waals surface area contributed by atoms with E-state index in [0.717, 1.165) is 60.7 Å². The van der Waals surface area contributed by atoms with Crippen LogP contribution in [0.3, 0.4) is 0 Å². The lowest BCUT2D eigenvalue weighted by Crippen LogP contribution is -2.28. The summed E-state index contributed by atoms with van der Waals surface area (Å²) >= 11 is 0. The van der Waals surface area contributed by atoms with E-state index in [1.807, 2.05) is 0 Å². The lowest BCUT2D eigenvalue weighted by molar-refractivity contribution is 0.214. The first-order valence-corrected chi connectivity index (χ1v) is 8.91. The van der Waals surface area contributed by atoms with E-state index in [9.17, 15) is 0 Å². The van der Waals surface area contributed by atoms with Crippen molar-refractivity contribution in [2.75, 3.05) is 13.1 Å². The fourth-order valence-corrected chi connectivity index (χ4v) is 3.13. The Bertz CT molecular complexity index is 667. The average molecular weight is 329 g/mol. The zero-order valence-corrected chi connectivity index (χ0v) is 15.1. The van der Waals surface area contributed by atoms with Crippen molar-refractivity contribution in [3.63, 3.8) is 0 Å². The van der Waals surface area contributed by atoms with Gasteiger partial charge in [-0.2, -0.15) is 4.98 Å². The maximum absolute atomic E-state index is 6.04. The smallest absolute Gasteiger partial charge is 0.231 e. The molecule has 130 valence electrons. The Kier molecular flexibility index (Phi) is 5.19. The highest BCUT2D eigenvalue weighted by molar-refractivity contribution is 5.61. The van der Waals surface area contributed by atoms with Crippen molar-refractivity contribution < 1.29 is 9.26 Å². The molecular weight excluding hydrogens is 302 g/mol. The number of rotatable bonds is 5. The maximum Gasteiger partial charge on any atom is 0.231 e. The Morgan fingerprint density at radius 2 is 2.08 bits per heavy atom.